The first-order valence-electron chi connectivity index (χ1n) is 9.70. The number of nitrogens with zero attached hydrogens (tertiary/aromatic N) is 4. The second-order valence-electron chi connectivity index (χ2n) is 7.35. The lowest BCUT2D eigenvalue weighted by Gasteiger charge is -2.25. The number of hydrogen-bond acceptors (Lipinski definition) is 3. The molecule has 0 unspecified atom stereocenters. The molecule has 162 valence electrons. The van der Waals surface area contributed by atoms with Gasteiger partial charge in [0.15, 0.2) is 5.82 Å². The van der Waals surface area contributed by atoms with Gasteiger partial charge < -0.3 is 14.8 Å². The topological polar surface area (TPSA) is 63.1 Å². The highest BCUT2D eigenvalue weighted by atomic mass is 35.5. The molecule has 0 radical (unpaired) electrons. The molecule has 3 aromatic rings. The van der Waals surface area contributed by atoms with Gasteiger partial charge in [-0.3, -0.25) is 0 Å². The van der Waals surface area contributed by atoms with Crippen LogP contribution in [-0.2, 0) is 6.54 Å². The third-order valence-electron chi connectivity index (χ3n) is 5.28. The monoisotopic (exact) mass is 465 g/mol. The number of aryl methyl sites for hydroxylation is 1. The smallest absolute Gasteiger partial charge is 0.314 e. The largest absolute Gasteiger partial charge is 0.322 e. The summed E-state index contributed by atoms with van der Waals surface area (Å²) in [4.78, 5) is 14.4. The molecule has 1 atom stereocenters. The van der Waals surface area contributed by atoms with E-state index in [2.05, 4.69) is 15.5 Å². The molecular weight excluding hydrogens is 447 g/mol. The zero-order valence-corrected chi connectivity index (χ0v) is 18.1. The molecule has 1 aromatic heterocycles. The van der Waals surface area contributed by atoms with Crippen LogP contribution in [0.2, 0.25) is 10.0 Å². The van der Waals surface area contributed by atoms with E-state index >= 15 is 0 Å². The molecule has 1 saturated heterocycles. The highest BCUT2D eigenvalue weighted by Gasteiger charge is 2.34. The Labute approximate surface area is 187 Å². The first kappa shape index (κ1) is 21.5. The molecule has 1 aliphatic rings. The number of hydrogen-bond donors (Lipinski definition) is 1. The van der Waals surface area contributed by atoms with Crippen molar-refractivity contribution in [2.24, 2.45) is 0 Å². The van der Waals surface area contributed by atoms with Gasteiger partial charge in [-0.1, -0.05) is 35.3 Å². The van der Waals surface area contributed by atoms with Gasteiger partial charge in [0, 0.05) is 17.6 Å². The van der Waals surface area contributed by atoms with E-state index in [9.17, 15) is 13.6 Å². The number of benzene rings is 2. The average Bonchev–Trinajstić information content (AvgIpc) is 3.35. The van der Waals surface area contributed by atoms with Gasteiger partial charge in [0.1, 0.15) is 17.5 Å². The number of anilines is 1. The number of nitrogens with one attached hydrogen (secondary N) is 1. The van der Waals surface area contributed by atoms with Crippen LogP contribution in [0.3, 0.4) is 0 Å². The summed E-state index contributed by atoms with van der Waals surface area (Å²) in [5, 5.41) is 11.2. The van der Waals surface area contributed by atoms with Gasteiger partial charge in [-0.2, -0.15) is 0 Å². The molecule has 0 spiro atoms. The summed E-state index contributed by atoms with van der Waals surface area (Å²) >= 11 is 11.6. The van der Waals surface area contributed by atoms with Crippen molar-refractivity contribution in [3.05, 3.63) is 75.3 Å². The Balaban J connectivity index is 1.57. The van der Waals surface area contributed by atoms with E-state index in [4.69, 9.17) is 23.2 Å². The number of rotatable bonds is 4. The molecule has 0 saturated carbocycles. The van der Waals surface area contributed by atoms with Crippen molar-refractivity contribution in [3.8, 4) is 0 Å². The number of halogens is 4. The first-order chi connectivity index (χ1) is 14.8. The molecule has 0 aliphatic carbocycles. The van der Waals surface area contributed by atoms with Crippen LogP contribution < -0.4 is 5.32 Å². The maximum atomic E-state index is 14.1. The molecule has 2 heterocycles. The molecule has 2 aromatic carbocycles. The summed E-state index contributed by atoms with van der Waals surface area (Å²) in [5.74, 6) is -0.266. The highest BCUT2D eigenvalue weighted by Crippen LogP contribution is 2.33. The van der Waals surface area contributed by atoms with Crippen LogP contribution in [0.4, 0.5) is 19.3 Å². The minimum atomic E-state index is -0.810. The Morgan fingerprint density at radius 2 is 1.90 bits per heavy atom. The Hall–Kier alpha value is -2.71. The van der Waals surface area contributed by atoms with E-state index in [1.54, 1.807) is 4.90 Å². The number of urea groups is 1. The second-order valence-corrected chi connectivity index (χ2v) is 8.19. The van der Waals surface area contributed by atoms with Crippen molar-refractivity contribution >= 4 is 34.9 Å². The number of aromatic nitrogens is 3. The van der Waals surface area contributed by atoms with Gasteiger partial charge in [-0.25, -0.2) is 13.6 Å². The molecule has 6 nitrogen and oxygen atoms in total. The summed E-state index contributed by atoms with van der Waals surface area (Å²) in [5.41, 5.74) is 0.748. The van der Waals surface area contributed by atoms with Gasteiger partial charge in [0.05, 0.1) is 23.3 Å². The number of likely N-dealkylation sites (tertiary alicyclic amines) is 1. The molecule has 1 N–H and O–H groups in total. The predicted octanol–water partition coefficient (Wildman–Crippen LogP) is 5.59. The maximum absolute atomic E-state index is 14.1. The van der Waals surface area contributed by atoms with Crippen molar-refractivity contribution in [2.45, 2.75) is 32.4 Å². The standard InChI is InChI=1S/C21H19Cl2F2N5O/c1-12-27-28-20(30(12)11-13-4-6-14(22)7-5-13)19-3-2-8-29(19)21(31)26-18-10-16(24)15(23)9-17(18)25/h4-7,9-10,19H,2-3,8,11H2,1H3,(H,26,31)/t19-/m1/s1. The lowest BCUT2D eigenvalue weighted by atomic mass is 10.2. The van der Waals surface area contributed by atoms with Gasteiger partial charge in [-0.05, 0) is 43.5 Å². The maximum Gasteiger partial charge on any atom is 0.322 e. The zero-order valence-electron chi connectivity index (χ0n) is 16.6. The number of amides is 2. The fourth-order valence-corrected chi connectivity index (χ4v) is 3.97. The summed E-state index contributed by atoms with van der Waals surface area (Å²) in [7, 11) is 0. The molecule has 1 aliphatic heterocycles. The van der Waals surface area contributed by atoms with Crippen molar-refractivity contribution in [3.63, 3.8) is 0 Å². The first-order valence-corrected chi connectivity index (χ1v) is 10.5. The summed E-state index contributed by atoms with van der Waals surface area (Å²) in [6.45, 7) is 2.83. The SMILES string of the molecule is Cc1nnc([C@H]2CCCN2C(=O)Nc2cc(F)c(Cl)cc2F)n1Cc1ccc(Cl)cc1. The fraction of sp³-hybridized carbons (Fsp3) is 0.286. The van der Waals surface area contributed by atoms with Gasteiger partial charge in [0.25, 0.3) is 0 Å². The van der Waals surface area contributed by atoms with Crippen LogP contribution in [0, 0.1) is 18.6 Å². The summed E-state index contributed by atoms with van der Waals surface area (Å²) < 4.78 is 29.8. The fourth-order valence-electron chi connectivity index (χ4n) is 3.70. The van der Waals surface area contributed by atoms with Gasteiger partial charge >= 0.3 is 6.03 Å². The van der Waals surface area contributed by atoms with Crippen molar-refractivity contribution < 1.29 is 13.6 Å². The normalized spacial score (nSPS) is 16.0. The zero-order chi connectivity index (χ0) is 22.1. The van der Waals surface area contributed by atoms with Crippen LogP contribution in [0.25, 0.3) is 0 Å². The van der Waals surface area contributed by atoms with Crippen LogP contribution >= 0.6 is 23.2 Å². The molecule has 4 rings (SSSR count). The number of carbonyl (C=O) groups is 1. The lowest BCUT2D eigenvalue weighted by Crippen LogP contribution is -2.36. The van der Waals surface area contributed by atoms with Gasteiger partial charge in [-0.15, -0.1) is 10.2 Å². The van der Waals surface area contributed by atoms with E-state index in [0.29, 0.717) is 36.2 Å². The molecule has 0 bridgehead atoms. The molecular formula is C21H19Cl2F2N5O. The van der Waals surface area contributed by atoms with Crippen LogP contribution in [0.15, 0.2) is 36.4 Å². The van der Waals surface area contributed by atoms with Gasteiger partial charge in [0.2, 0.25) is 0 Å². The van der Waals surface area contributed by atoms with Crippen LogP contribution in [0.5, 0.6) is 0 Å². The van der Waals surface area contributed by atoms with Crippen molar-refractivity contribution in [1.82, 2.24) is 19.7 Å². The third-order valence-corrected chi connectivity index (χ3v) is 5.82. The van der Waals surface area contributed by atoms with Crippen molar-refractivity contribution in [2.75, 3.05) is 11.9 Å². The van der Waals surface area contributed by atoms with Crippen LogP contribution in [0.1, 0.15) is 36.1 Å². The van der Waals surface area contributed by atoms with E-state index in [0.717, 1.165) is 24.1 Å². The molecule has 10 heteroatoms. The molecule has 2 amide bonds. The minimum absolute atomic E-state index is 0.267. The Bertz CT molecular complexity index is 1120. The van der Waals surface area contributed by atoms with E-state index in [1.807, 2.05) is 35.8 Å². The predicted molar refractivity (Wildman–Crippen MR) is 114 cm³/mol. The molecule has 1 fully saturated rings. The highest BCUT2D eigenvalue weighted by molar-refractivity contribution is 6.31. The van der Waals surface area contributed by atoms with E-state index in [-0.39, 0.29) is 16.8 Å². The lowest BCUT2D eigenvalue weighted by molar-refractivity contribution is 0.203. The Kier molecular flexibility index (Phi) is 6.11. The van der Waals surface area contributed by atoms with E-state index < -0.39 is 17.7 Å². The second kappa shape index (κ2) is 8.80. The Morgan fingerprint density at radius 3 is 2.65 bits per heavy atom. The summed E-state index contributed by atoms with van der Waals surface area (Å²) in [6.07, 6.45) is 1.44. The van der Waals surface area contributed by atoms with Crippen LogP contribution in [-0.4, -0.2) is 32.2 Å². The summed E-state index contributed by atoms with van der Waals surface area (Å²) in [6, 6.07) is 8.28. The Morgan fingerprint density at radius 1 is 1.16 bits per heavy atom. The average molecular weight is 466 g/mol. The molecule has 31 heavy (non-hydrogen) atoms. The quantitative estimate of drug-likeness (QED) is 0.510. The third kappa shape index (κ3) is 4.50. The van der Waals surface area contributed by atoms with Crippen molar-refractivity contribution in [1.29, 1.82) is 0 Å². The number of carbonyl (C=O) groups excluding carboxylic acids is 1. The minimum Gasteiger partial charge on any atom is -0.314 e. The van der Waals surface area contributed by atoms with E-state index in [1.165, 1.54) is 0 Å².